The Morgan fingerprint density at radius 1 is 1.42 bits per heavy atom. The number of rotatable bonds is 5. The summed E-state index contributed by atoms with van der Waals surface area (Å²) < 4.78 is 7.19. The van der Waals surface area contributed by atoms with Crippen LogP contribution in [0.1, 0.15) is 31.1 Å². The summed E-state index contributed by atoms with van der Waals surface area (Å²) in [6, 6.07) is 6.14. The molecule has 0 bridgehead atoms. The number of aliphatic hydroxyl groups is 1. The first-order chi connectivity index (χ1) is 9.11. The van der Waals surface area contributed by atoms with Crippen LogP contribution in [0.3, 0.4) is 0 Å². The molecule has 4 heteroatoms. The van der Waals surface area contributed by atoms with Crippen LogP contribution in [0.4, 0.5) is 0 Å². The Balaban J connectivity index is 2.73. The second kappa shape index (κ2) is 5.95. The highest BCUT2D eigenvalue weighted by Gasteiger charge is 2.20. The lowest BCUT2D eigenvalue weighted by atomic mass is 10.0. The van der Waals surface area contributed by atoms with Crippen LogP contribution in [0, 0.1) is 0 Å². The van der Waals surface area contributed by atoms with E-state index < -0.39 is 6.10 Å². The smallest absolute Gasteiger partial charge is 0.115 e. The molecular formula is C15H20ClNO2. The van der Waals surface area contributed by atoms with Crippen LogP contribution in [0.25, 0.3) is 10.9 Å². The van der Waals surface area contributed by atoms with Gasteiger partial charge in [0.2, 0.25) is 0 Å². The molecular weight excluding hydrogens is 262 g/mol. The van der Waals surface area contributed by atoms with Gasteiger partial charge in [0.25, 0.3) is 0 Å². The number of ether oxygens (including phenoxy) is 1. The Morgan fingerprint density at radius 2 is 2.16 bits per heavy atom. The van der Waals surface area contributed by atoms with Gasteiger partial charge in [-0.3, -0.25) is 0 Å². The zero-order valence-electron chi connectivity index (χ0n) is 11.6. The highest BCUT2D eigenvalue weighted by atomic mass is 35.5. The number of halogens is 1. The average molecular weight is 282 g/mol. The molecule has 0 fully saturated rings. The van der Waals surface area contributed by atoms with Gasteiger partial charge in [0, 0.05) is 24.6 Å². The Hall–Kier alpha value is -1.03. The first kappa shape index (κ1) is 14.4. The van der Waals surface area contributed by atoms with E-state index in [4.69, 9.17) is 16.3 Å². The summed E-state index contributed by atoms with van der Waals surface area (Å²) >= 11 is 6.46. The zero-order chi connectivity index (χ0) is 14.0. The average Bonchev–Trinajstić information content (AvgIpc) is 2.68. The van der Waals surface area contributed by atoms with Crippen molar-refractivity contribution in [1.29, 1.82) is 0 Å². The largest absolute Gasteiger partial charge is 0.389 e. The Labute approximate surface area is 118 Å². The van der Waals surface area contributed by atoms with E-state index >= 15 is 0 Å². The van der Waals surface area contributed by atoms with Crippen molar-refractivity contribution in [3.05, 3.63) is 34.5 Å². The van der Waals surface area contributed by atoms with Crippen LogP contribution in [-0.2, 0) is 17.7 Å². The maximum absolute atomic E-state index is 9.98. The lowest BCUT2D eigenvalue weighted by molar-refractivity contribution is 0.187. The summed E-state index contributed by atoms with van der Waals surface area (Å²) in [5.74, 6) is 0. The van der Waals surface area contributed by atoms with Gasteiger partial charge in [0.15, 0.2) is 0 Å². The SMILES string of the molecule is CCc1cccc2c(C(C)O)c(Cl)n(CCOC)c12. The lowest BCUT2D eigenvalue weighted by Gasteiger charge is -2.09. The topological polar surface area (TPSA) is 34.4 Å². The number of nitrogens with zero attached hydrogens (tertiary/aromatic N) is 1. The molecule has 19 heavy (non-hydrogen) atoms. The molecule has 1 aromatic carbocycles. The van der Waals surface area contributed by atoms with Crippen molar-refractivity contribution in [3.63, 3.8) is 0 Å². The summed E-state index contributed by atoms with van der Waals surface area (Å²) in [5, 5.41) is 11.6. The summed E-state index contributed by atoms with van der Waals surface area (Å²) in [6.45, 7) is 5.16. The van der Waals surface area contributed by atoms with Gasteiger partial charge in [-0.2, -0.15) is 0 Å². The van der Waals surface area contributed by atoms with Crippen LogP contribution >= 0.6 is 11.6 Å². The van der Waals surface area contributed by atoms with Gasteiger partial charge in [-0.25, -0.2) is 0 Å². The third kappa shape index (κ3) is 2.50. The number of fused-ring (bicyclic) bond motifs is 1. The zero-order valence-corrected chi connectivity index (χ0v) is 12.4. The summed E-state index contributed by atoms with van der Waals surface area (Å²) in [6.07, 6.45) is 0.357. The van der Waals surface area contributed by atoms with Gasteiger partial charge in [-0.1, -0.05) is 36.7 Å². The number of para-hydroxylation sites is 1. The summed E-state index contributed by atoms with van der Waals surface area (Å²) in [4.78, 5) is 0. The van der Waals surface area contributed by atoms with Gasteiger partial charge >= 0.3 is 0 Å². The number of hydrogen-bond acceptors (Lipinski definition) is 2. The normalized spacial score (nSPS) is 13.1. The predicted octanol–water partition coefficient (Wildman–Crippen LogP) is 3.56. The van der Waals surface area contributed by atoms with Crippen LogP contribution in [0.15, 0.2) is 18.2 Å². The van der Waals surface area contributed by atoms with Crippen LogP contribution in [0.5, 0.6) is 0 Å². The molecule has 0 amide bonds. The summed E-state index contributed by atoms with van der Waals surface area (Å²) in [7, 11) is 1.68. The lowest BCUT2D eigenvalue weighted by Crippen LogP contribution is -2.05. The Morgan fingerprint density at radius 3 is 2.74 bits per heavy atom. The van der Waals surface area contributed by atoms with Gasteiger partial charge < -0.3 is 14.4 Å². The number of aliphatic hydroxyl groups excluding tert-OH is 1. The number of methoxy groups -OCH3 is 1. The molecule has 1 atom stereocenters. The van der Waals surface area contributed by atoms with E-state index in [1.54, 1.807) is 14.0 Å². The van der Waals surface area contributed by atoms with Gasteiger partial charge in [-0.15, -0.1) is 0 Å². The maximum atomic E-state index is 9.98. The first-order valence-electron chi connectivity index (χ1n) is 6.58. The van der Waals surface area contributed by atoms with E-state index in [2.05, 4.69) is 13.0 Å². The standard InChI is InChI=1S/C15H20ClNO2/c1-4-11-6-5-7-12-13(10(2)18)15(16)17(14(11)12)8-9-19-3/h5-7,10,18H,4,8-9H2,1-3H3. The molecule has 104 valence electrons. The molecule has 1 N–H and O–H groups in total. The maximum Gasteiger partial charge on any atom is 0.115 e. The van der Waals surface area contributed by atoms with Gasteiger partial charge in [-0.05, 0) is 18.9 Å². The van der Waals surface area contributed by atoms with E-state index in [-0.39, 0.29) is 0 Å². The summed E-state index contributed by atoms with van der Waals surface area (Å²) in [5.41, 5.74) is 3.16. The van der Waals surface area contributed by atoms with Gasteiger partial charge in [0.1, 0.15) is 5.15 Å². The molecule has 0 aliphatic carbocycles. The van der Waals surface area contributed by atoms with Crippen LogP contribution in [-0.4, -0.2) is 23.4 Å². The van der Waals surface area contributed by atoms with E-state index in [1.165, 1.54) is 5.56 Å². The molecule has 2 rings (SSSR count). The number of aromatic nitrogens is 1. The molecule has 0 saturated heterocycles. The van der Waals surface area contributed by atoms with Crippen molar-refractivity contribution in [2.75, 3.05) is 13.7 Å². The third-order valence-electron chi connectivity index (χ3n) is 3.46. The van der Waals surface area contributed by atoms with Crippen molar-refractivity contribution in [1.82, 2.24) is 4.57 Å². The van der Waals surface area contributed by atoms with Gasteiger partial charge in [0.05, 0.1) is 18.2 Å². The fourth-order valence-electron chi connectivity index (χ4n) is 2.56. The minimum Gasteiger partial charge on any atom is -0.389 e. The molecule has 0 aliphatic heterocycles. The number of benzene rings is 1. The predicted molar refractivity (Wildman–Crippen MR) is 78.8 cm³/mol. The van der Waals surface area contributed by atoms with Crippen molar-refractivity contribution in [3.8, 4) is 0 Å². The quantitative estimate of drug-likeness (QED) is 0.909. The van der Waals surface area contributed by atoms with Crippen molar-refractivity contribution < 1.29 is 9.84 Å². The molecule has 0 aliphatic rings. The second-order valence-electron chi connectivity index (χ2n) is 4.69. The van der Waals surface area contributed by atoms with Crippen molar-refractivity contribution >= 4 is 22.5 Å². The highest BCUT2D eigenvalue weighted by Crippen LogP contribution is 2.36. The fraction of sp³-hybridized carbons (Fsp3) is 0.467. The molecule has 2 aromatic rings. The molecule has 3 nitrogen and oxygen atoms in total. The molecule has 1 unspecified atom stereocenters. The first-order valence-corrected chi connectivity index (χ1v) is 6.96. The van der Waals surface area contributed by atoms with Crippen LogP contribution in [0.2, 0.25) is 5.15 Å². The van der Waals surface area contributed by atoms with E-state index in [0.29, 0.717) is 18.3 Å². The van der Waals surface area contributed by atoms with Crippen LogP contribution < -0.4 is 0 Å². The number of hydrogen-bond donors (Lipinski definition) is 1. The van der Waals surface area contributed by atoms with E-state index in [1.807, 2.05) is 16.7 Å². The Bertz CT molecular complexity index is 575. The van der Waals surface area contributed by atoms with Crippen molar-refractivity contribution in [2.45, 2.75) is 32.9 Å². The molecule has 0 spiro atoms. The monoisotopic (exact) mass is 281 g/mol. The van der Waals surface area contributed by atoms with E-state index in [9.17, 15) is 5.11 Å². The molecule has 0 saturated carbocycles. The van der Waals surface area contributed by atoms with Crippen molar-refractivity contribution in [2.24, 2.45) is 0 Å². The fourth-order valence-corrected chi connectivity index (χ4v) is 2.99. The Kier molecular flexibility index (Phi) is 4.50. The van der Waals surface area contributed by atoms with E-state index in [0.717, 1.165) is 22.9 Å². The molecule has 1 aromatic heterocycles. The second-order valence-corrected chi connectivity index (χ2v) is 5.05. The minimum atomic E-state index is -0.578. The molecule has 0 radical (unpaired) electrons. The number of aryl methyl sites for hydroxylation is 1. The highest BCUT2D eigenvalue weighted by molar-refractivity contribution is 6.32. The minimum absolute atomic E-state index is 0.578. The third-order valence-corrected chi connectivity index (χ3v) is 3.86. The molecule has 1 heterocycles.